The quantitative estimate of drug-likeness (QED) is 0.365. The van der Waals surface area contributed by atoms with Crippen LogP contribution in [-0.4, -0.2) is 57.7 Å². The number of aliphatic imine (C=N–C) groups is 1. The minimum atomic E-state index is 0.255. The molecule has 1 aromatic heterocycles. The second-order valence-corrected chi connectivity index (χ2v) is 7.62. The van der Waals surface area contributed by atoms with Crippen molar-refractivity contribution in [2.75, 3.05) is 51.7 Å². The number of unbranched alkanes of at least 4 members (excludes halogenated alkanes) is 1. The molecule has 1 fully saturated rings. The summed E-state index contributed by atoms with van der Waals surface area (Å²) >= 11 is 0. The van der Waals surface area contributed by atoms with Gasteiger partial charge in [0.1, 0.15) is 5.76 Å². The topological polar surface area (TPSA) is 56.0 Å². The first-order chi connectivity index (χ1) is 14.3. The molecule has 1 aromatic carbocycles. The van der Waals surface area contributed by atoms with Crippen LogP contribution in [0.3, 0.4) is 0 Å². The van der Waals surface area contributed by atoms with Crippen molar-refractivity contribution in [2.45, 2.75) is 31.7 Å². The van der Waals surface area contributed by atoms with Crippen LogP contribution in [0.4, 0.5) is 5.69 Å². The van der Waals surface area contributed by atoms with E-state index in [4.69, 9.17) is 4.42 Å². The molecule has 6 heteroatoms. The van der Waals surface area contributed by atoms with Crippen molar-refractivity contribution in [3.8, 4) is 0 Å². The number of nitrogens with zero attached hydrogens (tertiary/aromatic N) is 3. The molecule has 0 bridgehead atoms. The third kappa shape index (κ3) is 6.53. The lowest BCUT2D eigenvalue weighted by molar-refractivity contribution is 0.215. The Kier molecular flexibility index (Phi) is 8.43. The van der Waals surface area contributed by atoms with Crippen LogP contribution in [0.25, 0.3) is 0 Å². The van der Waals surface area contributed by atoms with Gasteiger partial charge in [-0.05, 0) is 63.0 Å². The highest BCUT2D eigenvalue weighted by molar-refractivity contribution is 5.79. The number of hydrogen-bond donors (Lipinski definition) is 2. The van der Waals surface area contributed by atoms with Crippen molar-refractivity contribution < 1.29 is 4.42 Å². The Labute approximate surface area is 175 Å². The number of furan rings is 1. The van der Waals surface area contributed by atoms with Gasteiger partial charge in [-0.2, -0.15) is 0 Å². The van der Waals surface area contributed by atoms with Crippen LogP contribution in [0.5, 0.6) is 0 Å². The van der Waals surface area contributed by atoms with E-state index in [1.54, 1.807) is 6.26 Å². The van der Waals surface area contributed by atoms with Crippen LogP contribution in [0, 0.1) is 0 Å². The van der Waals surface area contributed by atoms with Gasteiger partial charge in [-0.1, -0.05) is 18.2 Å². The third-order valence-electron chi connectivity index (χ3n) is 5.55. The molecule has 1 aliphatic heterocycles. The van der Waals surface area contributed by atoms with Crippen molar-refractivity contribution in [1.29, 1.82) is 0 Å². The fourth-order valence-corrected chi connectivity index (χ4v) is 3.85. The molecule has 1 unspecified atom stereocenters. The van der Waals surface area contributed by atoms with E-state index in [2.05, 4.69) is 68.9 Å². The van der Waals surface area contributed by atoms with Gasteiger partial charge in [-0.25, -0.2) is 0 Å². The van der Waals surface area contributed by atoms with Crippen molar-refractivity contribution >= 4 is 11.6 Å². The average molecular weight is 398 g/mol. The van der Waals surface area contributed by atoms with Crippen LogP contribution in [0.15, 0.2) is 58.1 Å². The molecule has 0 aliphatic carbocycles. The summed E-state index contributed by atoms with van der Waals surface area (Å²) in [5, 5.41) is 6.93. The number of rotatable bonds is 10. The standard InChI is InChI=1S/C23H35N5O/c1-24-23(25-14-6-7-15-27(2)20-11-4-3-5-12-20)26-19-21(22-13-10-18-29-22)28-16-8-9-17-28/h3-5,10-13,18,21H,6-9,14-17,19H2,1-2H3,(H2,24,25,26). The number of anilines is 1. The zero-order chi connectivity index (χ0) is 20.3. The molecule has 0 saturated carbocycles. The predicted octanol–water partition coefficient (Wildman–Crippen LogP) is 3.50. The molecule has 0 spiro atoms. The Morgan fingerprint density at radius 2 is 1.90 bits per heavy atom. The summed E-state index contributed by atoms with van der Waals surface area (Å²) in [5.41, 5.74) is 1.27. The second kappa shape index (κ2) is 11.5. The lowest BCUT2D eigenvalue weighted by Gasteiger charge is -2.26. The molecule has 0 amide bonds. The van der Waals surface area contributed by atoms with E-state index in [0.29, 0.717) is 0 Å². The van der Waals surface area contributed by atoms with Crippen LogP contribution in [0.1, 0.15) is 37.5 Å². The van der Waals surface area contributed by atoms with E-state index in [9.17, 15) is 0 Å². The van der Waals surface area contributed by atoms with Gasteiger partial charge in [-0.15, -0.1) is 0 Å². The number of nitrogens with one attached hydrogen (secondary N) is 2. The summed E-state index contributed by atoms with van der Waals surface area (Å²) in [4.78, 5) is 9.18. The van der Waals surface area contributed by atoms with Crippen LogP contribution in [0.2, 0.25) is 0 Å². The molecular weight excluding hydrogens is 362 g/mol. The summed E-state index contributed by atoms with van der Waals surface area (Å²) < 4.78 is 5.70. The summed E-state index contributed by atoms with van der Waals surface area (Å²) in [5.74, 6) is 1.89. The Balaban J connectivity index is 1.37. The zero-order valence-corrected chi connectivity index (χ0v) is 17.8. The average Bonchev–Trinajstić information content (AvgIpc) is 3.47. The monoisotopic (exact) mass is 397 g/mol. The number of guanidine groups is 1. The molecule has 1 aliphatic rings. The minimum absolute atomic E-state index is 0.255. The van der Waals surface area contributed by atoms with Gasteiger partial charge < -0.3 is 20.0 Å². The van der Waals surface area contributed by atoms with E-state index in [1.807, 2.05) is 13.1 Å². The van der Waals surface area contributed by atoms with Crippen LogP contribution in [-0.2, 0) is 0 Å². The van der Waals surface area contributed by atoms with Crippen molar-refractivity contribution in [2.24, 2.45) is 4.99 Å². The molecule has 0 radical (unpaired) electrons. The van der Waals surface area contributed by atoms with Gasteiger partial charge in [0, 0.05) is 39.4 Å². The number of likely N-dealkylation sites (tertiary alicyclic amines) is 1. The highest BCUT2D eigenvalue weighted by Gasteiger charge is 2.25. The molecule has 6 nitrogen and oxygen atoms in total. The van der Waals surface area contributed by atoms with Gasteiger partial charge in [0.05, 0.1) is 12.3 Å². The molecule has 158 valence electrons. The Morgan fingerprint density at radius 3 is 2.59 bits per heavy atom. The highest BCUT2D eigenvalue weighted by Crippen LogP contribution is 2.24. The Bertz CT molecular complexity index is 710. The smallest absolute Gasteiger partial charge is 0.191 e. The minimum Gasteiger partial charge on any atom is -0.468 e. The lowest BCUT2D eigenvalue weighted by Crippen LogP contribution is -2.43. The van der Waals surface area contributed by atoms with Crippen molar-refractivity contribution in [3.05, 3.63) is 54.5 Å². The van der Waals surface area contributed by atoms with E-state index in [1.165, 1.54) is 18.5 Å². The molecule has 2 N–H and O–H groups in total. The van der Waals surface area contributed by atoms with Crippen LogP contribution >= 0.6 is 0 Å². The Morgan fingerprint density at radius 1 is 1.10 bits per heavy atom. The van der Waals surface area contributed by atoms with Gasteiger partial charge in [0.15, 0.2) is 5.96 Å². The maximum Gasteiger partial charge on any atom is 0.191 e. The summed E-state index contributed by atoms with van der Waals surface area (Å²) in [6, 6.07) is 14.8. The molecule has 2 heterocycles. The predicted molar refractivity (Wildman–Crippen MR) is 121 cm³/mol. The number of para-hydroxylation sites is 1. The van der Waals surface area contributed by atoms with E-state index >= 15 is 0 Å². The Hall–Kier alpha value is -2.47. The molecule has 1 saturated heterocycles. The first-order valence-corrected chi connectivity index (χ1v) is 10.8. The van der Waals surface area contributed by atoms with E-state index in [-0.39, 0.29) is 6.04 Å². The van der Waals surface area contributed by atoms with Gasteiger partial charge in [-0.3, -0.25) is 9.89 Å². The van der Waals surface area contributed by atoms with E-state index < -0.39 is 0 Å². The fraction of sp³-hybridized carbons (Fsp3) is 0.522. The van der Waals surface area contributed by atoms with Gasteiger partial charge >= 0.3 is 0 Å². The normalized spacial score (nSPS) is 16.0. The van der Waals surface area contributed by atoms with Crippen molar-refractivity contribution in [3.63, 3.8) is 0 Å². The molecule has 29 heavy (non-hydrogen) atoms. The zero-order valence-electron chi connectivity index (χ0n) is 17.8. The number of hydrogen-bond acceptors (Lipinski definition) is 4. The molecule has 2 aromatic rings. The van der Waals surface area contributed by atoms with Gasteiger partial charge in [0.2, 0.25) is 0 Å². The molecular formula is C23H35N5O. The highest BCUT2D eigenvalue weighted by atomic mass is 16.3. The SMILES string of the molecule is CN=C(NCCCCN(C)c1ccccc1)NCC(c1ccco1)N1CCCC1. The first-order valence-electron chi connectivity index (χ1n) is 10.8. The molecule has 3 rings (SSSR count). The summed E-state index contributed by atoms with van der Waals surface area (Å²) in [7, 11) is 3.98. The second-order valence-electron chi connectivity index (χ2n) is 7.62. The largest absolute Gasteiger partial charge is 0.468 e. The first kappa shape index (κ1) is 21.2. The number of benzene rings is 1. The maximum atomic E-state index is 5.70. The third-order valence-corrected chi connectivity index (χ3v) is 5.55. The summed E-state index contributed by atoms with van der Waals surface area (Å²) in [6.07, 6.45) is 6.53. The van der Waals surface area contributed by atoms with Gasteiger partial charge in [0.25, 0.3) is 0 Å². The lowest BCUT2D eigenvalue weighted by atomic mass is 10.2. The van der Waals surface area contributed by atoms with Crippen LogP contribution < -0.4 is 15.5 Å². The fourth-order valence-electron chi connectivity index (χ4n) is 3.85. The molecule has 1 atom stereocenters. The van der Waals surface area contributed by atoms with E-state index in [0.717, 1.165) is 57.3 Å². The van der Waals surface area contributed by atoms with Crippen molar-refractivity contribution in [1.82, 2.24) is 15.5 Å². The summed E-state index contributed by atoms with van der Waals surface area (Å²) in [6.45, 7) is 5.02. The maximum absolute atomic E-state index is 5.70.